The molecule has 17 nitrogen and oxygen atoms in total. The number of carbonyl (C=O) groups excluding carboxylic acids is 4. The Morgan fingerprint density at radius 3 is 0.760 bits per heavy atom. The van der Waals surface area contributed by atoms with Gasteiger partial charge in [0.2, 0.25) is 0 Å². The monoisotopic (exact) mass is 1510 g/mol. The maximum absolute atomic E-state index is 13.1. The molecule has 0 heterocycles. The number of esters is 4. The molecule has 0 radical (unpaired) electrons. The highest BCUT2D eigenvalue weighted by Crippen LogP contribution is 2.45. The molecule has 104 heavy (non-hydrogen) atoms. The molecular formula is C85H158O17P2. The van der Waals surface area contributed by atoms with Gasteiger partial charge in [0.1, 0.15) is 19.3 Å². The average Bonchev–Trinajstić information content (AvgIpc) is 0.909. The normalized spacial score (nSPS) is 14.0. The zero-order chi connectivity index (χ0) is 76.0. The Balaban J connectivity index is 5.35. The Morgan fingerprint density at radius 2 is 0.481 bits per heavy atom. The van der Waals surface area contributed by atoms with Crippen LogP contribution in [-0.2, 0) is 65.4 Å². The fraction of sp³-hybridized carbons (Fsp3) is 0.859. The van der Waals surface area contributed by atoms with Crippen LogP contribution in [0, 0.1) is 0 Å². The molecule has 0 saturated heterocycles. The zero-order valence-corrected chi connectivity index (χ0v) is 68.8. The van der Waals surface area contributed by atoms with Crippen molar-refractivity contribution in [3.05, 3.63) is 48.6 Å². The Bertz CT molecular complexity index is 2150. The third-order valence-electron chi connectivity index (χ3n) is 18.8. The number of phosphoric ester groups is 2. The first-order valence-electron chi connectivity index (χ1n) is 42.9. The predicted molar refractivity (Wildman–Crippen MR) is 427 cm³/mol. The number of carbonyl (C=O) groups is 4. The number of hydrogen-bond donors (Lipinski definition) is 3. The van der Waals surface area contributed by atoms with E-state index in [4.69, 9.17) is 37.0 Å². The third kappa shape index (κ3) is 77.2. The quantitative estimate of drug-likeness (QED) is 0.0169. The minimum absolute atomic E-state index is 0.0915. The molecule has 0 aromatic rings. The van der Waals surface area contributed by atoms with Gasteiger partial charge in [0.15, 0.2) is 12.2 Å². The molecule has 3 N–H and O–H groups in total. The summed E-state index contributed by atoms with van der Waals surface area (Å²) >= 11 is 0. The molecule has 0 rings (SSSR count). The Kier molecular flexibility index (Phi) is 75.9. The molecule has 0 aliphatic carbocycles. The van der Waals surface area contributed by atoms with Gasteiger partial charge in [-0.3, -0.25) is 37.3 Å². The molecular weight excluding hydrogens is 1350 g/mol. The van der Waals surface area contributed by atoms with Gasteiger partial charge in [-0.2, -0.15) is 0 Å². The van der Waals surface area contributed by atoms with Crippen molar-refractivity contribution < 1.29 is 80.2 Å². The summed E-state index contributed by atoms with van der Waals surface area (Å²) in [5, 5.41) is 10.7. The van der Waals surface area contributed by atoms with Crippen LogP contribution >= 0.6 is 15.6 Å². The molecule has 0 spiro atoms. The van der Waals surface area contributed by atoms with Gasteiger partial charge in [0, 0.05) is 25.7 Å². The molecule has 19 heteroatoms. The maximum atomic E-state index is 13.1. The van der Waals surface area contributed by atoms with Crippen LogP contribution in [0.4, 0.5) is 0 Å². The van der Waals surface area contributed by atoms with E-state index >= 15 is 0 Å². The smallest absolute Gasteiger partial charge is 0.462 e. The van der Waals surface area contributed by atoms with Gasteiger partial charge >= 0.3 is 39.5 Å². The number of allylic oxidation sites excluding steroid dienone is 8. The van der Waals surface area contributed by atoms with Gasteiger partial charge in [-0.25, -0.2) is 9.13 Å². The highest BCUT2D eigenvalue weighted by molar-refractivity contribution is 7.47. The second-order valence-electron chi connectivity index (χ2n) is 29.2. The fourth-order valence-corrected chi connectivity index (χ4v) is 13.9. The minimum Gasteiger partial charge on any atom is -0.462 e. The molecule has 0 aromatic heterocycles. The van der Waals surface area contributed by atoms with Gasteiger partial charge in [-0.1, -0.05) is 372 Å². The van der Waals surface area contributed by atoms with Crippen molar-refractivity contribution in [2.75, 3.05) is 39.6 Å². The first-order valence-corrected chi connectivity index (χ1v) is 45.9. The summed E-state index contributed by atoms with van der Waals surface area (Å²) in [6, 6.07) is 0. The number of aliphatic hydroxyl groups is 1. The van der Waals surface area contributed by atoms with Gasteiger partial charge in [0.25, 0.3) is 0 Å². The van der Waals surface area contributed by atoms with Crippen LogP contribution in [0.15, 0.2) is 48.6 Å². The lowest BCUT2D eigenvalue weighted by molar-refractivity contribution is -0.161. The van der Waals surface area contributed by atoms with Crippen molar-refractivity contribution in [3.63, 3.8) is 0 Å². The highest BCUT2D eigenvalue weighted by atomic mass is 31.2. The Labute approximate surface area is 636 Å². The standard InChI is InChI=1S/C85H158O17P2/c1-5-9-13-17-21-25-29-33-37-39-43-46-50-54-58-62-66-70-83(88)96-76-80(101-84(89)71-67-63-59-55-51-47-42-36-32-28-24-20-16-12-8-4)77-99-103(91,92)97-73-79(86)74-98-104(93,94)100-78-81(75-95-82(87)69-65-61-57-53-49-45-41-35-31-27-23-19-15-11-7-3)102-85(90)72-68-64-60-56-52-48-44-40-38-34-30-26-22-18-14-10-6-2/h21,25,33,37,43,46,54,58,79-81,86H,5-20,22-24,26-32,34-36,38-42,44-45,47-53,55-57,59-78H2,1-4H3,(H,91,92)(H,93,94)/b25-21-,37-33-,46-43-,58-54-/t79-,80-,81-/m1/s1. The molecule has 5 atom stereocenters. The molecule has 0 aliphatic heterocycles. The number of unbranched alkanes of at least 4 members (excludes halogenated alkanes) is 48. The van der Waals surface area contributed by atoms with Crippen molar-refractivity contribution in [2.45, 2.75) is 431 Å². The van der Waals surface area contributed by atoms with E-state index in [-0.39, 0.29) is 25.7 Å². The highest BCUT2D eigenvalue weighted by Gasteiger charge is 2.30. The van der Waals surface area contributed by atoms with Crippen LogP contribution in [0.3, 0.4) is 0 Å². The molecule has 0 fully saturated rings. The number of hydrogen-bond acceptors (Lipinski definition) is 15. The number of rotatable bonds is 82. The summed E-state index contributed by atoms with van der Waals surface area (Å²) in [5.41, 5.74) is 0. The largest absolute Gasteiger partial charge is 0.472 e. The van der Waals surface area contributed by atoms with E-state index < -0.39 is 97.5 Å². The van der Waals surface area contributed by atoms with Crippen LogP contribution in [0.5, 0.6) is 0 Å². The molecule has 0 aliphatic rings. The minimum atomic E-state index is -4.98. The van der Waals surface area contributed by atoms with E-state index in [9.17, 15) is 43.2 Å². The maximum Gasteiger partial charge on any atom is 0.472 e. The van der Waals surface area contributed by atoms with E-state index in [1.165, 1.54) is 231 Å². The second-order valence-corrected chi connectivity index (χ2v) is 32.1. The molecule has 0 saturated carbocycles. The lowest BCUT2D eigenvalue weighted by Gasteiger charge is -2.21. The Hall–Kier alpha value is -2.98. The molecule has 0 bridgehead atoms. The predicted octanol–water partition coefficient (Wildman–Crippen LogP) is 25.2. The van der Waals surface area contributed by atoms with Crippen LogP contribution < -0.4 is 0 Å². The summed E-state index contributed by atoms with van der Waals surface area (Å²) < 4.78 is 68.8. The van der Waals surface area contributed by atoms with Crippen LogP contribution in [0.25, 0.3) is 0 Å². The van der Waals surface area contributed by atoms with Gasteiger partial charge in [0.05, 0.1) is 26.4 Å². The van der Waals surface area contributed by atoms with Crippen LogP contribution in [0.1, 0.15) is 413 Å². The van der Waals surface area contributed by atoms with E-state index in [2.05, 4.69) is 64.2 Å². The summed E-state index contributed by atoms with van der Waals surface area (Å²) in [6.07, 6.45) is 77.9. The van der Waals surface area contributed by atoms with Crippen molar-refractivity contribution in [1.82, 2.24) is 0 Å². The lowest BCUT2D eigenvalue weighted by atomic mass is 10.0. The summed E-state index contributed by atoms with van der Waals surface area (Å²) in [5.74, 6) is -2.19. The fourth-order valence-electron chi connectivity index (χ4n) is 12.3. The lowest BCUT2D eigenvalue weighted by Crippen LogP contribution is -2.30. The van der Waals surface area contributed by atoms with Crippen molar-refractivity contribution >= 4 is 39.5 Å². The van der Waals surface area contributed by atoms with E-state index in [0.717, 1.165) is 96.3 Å². The number of ether oxygens (including phenoxy) is 4. The molecule has 610 valence electrons. The first-order chi connectivity index (χ1) is 50.7. The Morgan fingerprint density at radius 1 is 0.269 bits per heavy atom. The number of aliphatic hydroxyl groups excluding tert-OH is 1. The first kappa shape index (κ1) is 101. The van der Waals surface area contributed by atoms with E-state index in [1.54, 1.807) is 0 Å². The number of phosphoric acid groups is 2. The van der Waals surface area contributed by atoms with Gasteiger partial charge in [-0.15, -0.1) is 0 Å². The summed E-state index contributed by atoms with van der Waals surface area (Å²) in [4.78, 5) is 73.2. The van der Waals surface area contributed by atoms with E-state index in [0.29, 0.717) is 32.1 Å². The zero-order valence-electron chi connectivity index (χ0n) is 67.0. The van der Waals surface area contributed by atoms with Gasteiger partial charge in [-0.05, 0) is 64.2 Å². The summed E-state index contributed by atoms with van der Waals surface area (Å²) in [6.45, 7) is 4.92. The molecule has 0 aromatic carbocycles. The van der Waals surface area contributed by atoms with Gasteiger partial charge < -0.3 is 33.8 Å². The van der Waals surface area contributed by atoms with Crippen LogP contribution in [-0.4, -0.2) is 96.7 Å². The summed E-state index contributed by atoms with van der Waals surface area (Å²) in [7, 11) is -9.95. The topological polar surface area (TPSA) is 237 Å². The molecule has 0 amide bonds. The van der Waals surface area contributed by atoms with E-state index in [1.807, 2.05) is 12.2 Å². The van der Waals surface area contributed by atoms with Crippen molar-refractivity contribution in [3.8, 4) is 0 Å². The molecule has 2 unspecified atom stereocenters. The van der Waals surface area contributed by atoms with Crippen molar-refractivity contribution in [1.29, 1.82) is 0 Å². The average molecular weight is 1510 g/mol. The van der Waals surface area contributed by atoms with Crippen molar-refractivity contribution in [2.24, 2.45) is 0 Å². The SMILES string of the molecule is CCCCC/C=C\C/C=C\C/C=C\C/C=C\CCCC(=O)OC[C@H](COP(=O)(O)OC[C@@H](O)COP(=O)(O)OC[C@@H](COC(=O)CCCCCCCCCCCCCCCCC)OC(=O)CCCCCCCCCCCCCCCCCCC)OC(=O)CCCCCCCCCCCCCCCCC. The second kappa shape index (κ2) is 78.2. The van der Waals surface area contributed by atoms with Crippen LogP contribution in [0.2, 0.25) is 0 Å². The third-order valence-corrected chi connectivity index (χ3v) is 20.7.